The maximum atomic E-state index is 12.8. The number of aromatic amines is 1. The second-order valence-electron chi connectivity index (χ2n) is 5.88. The Morgan fingerprint density at radius 2 is 1.85 bits per heavy atom. The van der Waals surface area contributed by atoms with Gasteiger partial charge in [-0.3, -0.25) is 9.59 Å². The van der Waals surface area contributed by atoms with Crippen LogP contribution in [0, 0.1) is 4.77 Å². The van der Waals surface area contributed by atoms with Gasteiger partial charge in [0.15, 0.2) is 4.77 Å². The van der Waals surface area contributed by atoms with Crippen LogP contribution in [0.25, 0.3) is 10.9 Å². The summed E-state index contributed by atoms with van der Waals surface area (Å²) in [6.07, 6.45) is 0.0167. The molecule has 0 amide bonds. The first-order chi connectivity index (χ1) is 12.3. The molecule has 5 nitrogen and oxygen atoms in total. The van der Waals surface area contributed by atoms with E-state index < -0.39 is 11.5 Å². The Morgan fingerprint density at radius 3 is 2.46 bits per heavy atom. The highest BCUT2D eigenvalue weighted by atomic mass is 35.5. The highest BCUT2D eigenvalue weighted by Crippen LogP contribution is 2.24. The molecule has 0 atom stereocenters. The summed E-state index contributed by atoms with van der Waals surface area (Å²) >= 11 is 17.3. The molecule has 134 valence electrons. The van der Waals surface area contributed by atoms with Gasteiger partial charge in [-0.1, -0.05) is 23.2 Å². The molecule has 0 aliphatic heterocycles. The molecule has 2 aromatic carbocycles. The zero-order chi connectivity index (χ0) is 19.0. The average Bonchev–Trinajstić information content (AvgIpc) is 2.56. The van der Waals surface area contributed by atoms with Crippen LogP contribution in [0.2, 0.25) is 10.0 Å². The zero-order valence-electron chi connectivity index (χ0n) is 13.9. The molecule has 1 heterocycles. The number of H-pyrrole nitrogens is 1. The molecule has 8 heteroatoms. The van der Waals surface area contributed by atoms with Crippen molar-refractivity contribution in [2.75, 3.05) is 0 Å². The Morgan fingerprint density at radius 1 is 1.19 bits per heavy atom. The summed E-state index contributed by atoms with van der Waals surface area (Å²) < 4.78 is 6.40. The van der Waals surface area contributed by atoms with Crippen molar-refractivity contribution >= 4 is 52.2 Å². The number of benzene rings is 2. The predicted molar refractivity (Wildman–Crippen MR) is 105 cm³/mol. The van der Waals surface area contributed by atoms with E-state index >= 15 is 0 Å². The number of hydrogen-bond acceptors (Lipinski definition) is 4. The highest BCUT2D eigenvalue weighted by molar-refractivity contribution is 7.71. The van der Waals surface area contributed by atoms with Crippen molar-refractivity contribution in [2.45, 2.75) is 20.0 Å². The number of halogens is 2. The van der Waals surface area contributed by atoms with E-state index in [1.807, 2.05) is 13.8 Å². The van der Waals surface area contributed by atoms with Gasteiger partial charge >= 0.3 is 0 Å². The van der Waals surface area contributed by atoms with Gasteiger partial charge in [0.1, 0.15) is 5.75 Å². The van der Waals surface area contributed by atoms with Crippen molar-refractivity contribution in [2.24, 2.45) is 0 Å². The van der Waals surface area contributed by atoms with Crippen molar-refractivity contribution in [3.63, 3.8) is 0 Å². The molecule has 0 saturated heterocycles. The molecule has 0 spiro atoms. The standard InChI is InChI=1S/C18H14Cl2N2O3S/c1-9(2)25-12-5-3-10(4-6-12)16(23)22-17(24)13-7-11(19)8-14(20)15(13)21-18(22)26/h3-9H,1-2H3,(H,21,26). The van der Waals surface area contributed by atoms with E-state index in [-0.39, 0.29) is 21.3 Å². The number of carbonyl (C=O) groups is 1. The molecule has 0 unspecified atom stereocenters. The Bertz CT molecular complexity index is 1120. The number of nitrogens with zero attached hydrogens (tertiary/aromatic N) is 1. The number of aromatic nitrogens is 2. The molecule has 0 bridgehead atoms. The second kappa shape index (κ2) is 7.23. The number of carbonyl (C=O) groups excluding carboxylic acids is 1. The number of hydrogen-bond donors (Lipinski definition) is 1. The normalized spacial score (nSPS) is 11.1. The molecule has 3 rings (SSSR count). The van der Waals surface area contributed by atoms with Crippen molar-refractivity contribution in [1.82, 2.24) is 9.55 Å². The topological polar surface area (TPSA) is 64.1 Å². The van der Waals surface area contributed by atoms with E-state index in [1.165, 1.54) is 12.1 Å². The van der Waals surface area contributed by atoms with Crippen molar-refractivity contribution in [1.29, 1.82) is 0 Å². The van der Waals surface area contributed by atoms with E-state index in [4.69, 9.17) is 40.2 Å². The minimum atomic E-state index is -0.583. The third-order valence-corrected chi connectivity index (χ3v) is 4.40. The van der Waals surface area contributed by atoms with Crippen LogP contribution < -0.4 is 10.3 Å². The minimum absolute atomic E-state index is 0.0167. The fourth-order valence-corrected chi connectivity index (χ4v) is 3.32. The first-order valence-electron chi connectivity index (χ1n) is 7.73. The molecule has 26 heavy (non-hydrogen) atoms. The highest BCUT2D eigenvalue weighted by Gasteiger charge is 2.16. The smallest absolute Gasteiger partial charge is 0.269 e. The first kappa shape index (κ1) is 18.6. The Labute approximate surface area is 164 Å². The van der Waals surface area contributed by atoms with Crippen LogP contribution in [0.15, 0.2) is 41.2 Å². The number of rotatable bonds is 3. The molecule has 0 radical (unpaired) electrons. The average molecular weight is 409 g/mol. The summed E-state index contributed by atoms with van der Waals surface area (Å²) in [6.45, 7) is 3.81. The van der Waals surface area contributed by atoms with Gasteiger partial charge in [0.25, 0.3) is 11.5 Å². The summed E-state index contributed by atoms with van der Waals surface area (Å²) in [4.78, 5) is 28.4. The molecule has 0 fully saturated rings. The molecular weight excluding hydrogens is 395 g/mol. The maximum Gasteiger partial charge on any atom is 0.269 e. The molecule has 1 N–H and O–H groups in total. The van der Waals surface area contributed by atoms with Gasteiger partial charge in [0.05, 0.1) is 22.0 Å². The van der Waals surface area contributed by atoms with E-state index in [0.717, 1.165) is 4.57 Å². The van der Waals surface area contributed by atoms with Crippen molar-refractivity contribution in [3.8, 4) is 5.75 Å². The van der Waals surface area contributed by atoms with Gasteiger partial charge < -0.3 is 9.72 Å². The zero-order valence-corrected chi connectivity index (χ0v) is 16.2. The summed E-state index contributed by atoms with van der Waals surface area (Å²) in [7, 11) is 0. The minimum Gasteiger partial charge on any atom is -0.491 e. The van der Waals surface area contributed by atoms with Gasteiger partial charge in [-0.25, -0.2) is 4.57 Å². The predicted octanol–water partition coefficient (Wildman–Crippen LogP) is 4.84. The third kappa shape index (κ3) is 3.53. The molecule has 0 aliphatic carbocycles. The largest absolute Gasteiger partial charge is 0.491 e. The van der Waals surface area contributed by atoms with Crippen LogP contribution in [-0.2, 0) is 0 Å². The molecule has 0 saturated carbocycles. The molecule has 1 aromatic heterocycles. The lowest BCUT2D eigenvalue weighted by molar-refractivity contribution is 0.0953. The van der Waals surface area contributed by atoms with Gasteiger partial charge in [-0.05, 0) is 62.5 Å². The van der Waals surface area contributed by atoms with Crippen LogP contribution >= 0.6 is 35.4 Å². The maximum absolute atomic E-state index is 12.8. The van der Waals surface area contributed by atoms with E-state index in [1.54, 1.807) is 24.3 Å². The quantitative estimate of drug-likeness (QED) is 0.629. The van der Waals surface area contributed by atoms with Crippen LogP contribution in [0.4, 0.5) is 0 Å². The lowest BCUT2D eigenvalue weighted by atomic mass is 10.2. The van der Waals surface area contributed by atoms with E-state index in [0.29, 0.717) is 21.9 Å². The summed E-state index contributed by atoms with van der Waals surface area (Å²) in [5.41, 5.74) is 0.0617. The summed E-state index contributed by atoms with van der Waals surface area (Å²) in [5, 5.41) is 0.731. The van der Waals surface area contributed by atoms with Crippen LogP contribution in [0.5, 0.6) is 5.75 Å². The summed E-state index contributed by atoms with van der Waals surface area (Å²) in [6, 6.07) is 9.43. The van der Waals surface area contributed by atoms with Crippen LogP contribution in [0.3, 0.4) is 0 Å². The van der Waals surface area contributed by atoms with Crippen LogP contribution in [-0.4, -0.2) is 21.6 Å². The molecule has 3 aromatic rings. The Hall–Kier alpha value is -2.15. The fourth-order valence-electron chi connectivity index (χ4n) is 2.51. The summed E-state index contributed by atoms with van der Waals surface area (Å²) in [5.74, 6) is 0.0801. The second-order valence-corrected chi connectivity index (χ2v) is 7.11. The molecule has 0 aliphatic rings. The van der Waals surface area contributed by atoms with Gasteiger partial charge in [-0.2, -0.15) is 0 Å². The lowest BCUT2D eigenvalue weighted by Crippen LogP contribution is -2.29. The van der Waals surface area contributed by atoms with Crippen molar-refractivity contribution < 1.29 is 9.53 Å². The van der Waals surface area contributed by atoms with Crippen molar-refractivity contribution in [3.05, 3.63) is 67.1 Å². The third-order valence-electron chi connectivity index (χ3n) is 3.60. The van der Waals surface area contributed by atoms with Gasteiger partial charge in [-0.15, -0.1) is 0 Å². The number of ether oxygens (including phenoxy) is 1. The van der Waals surface area contributed by atoms with Gasteiger partial charge in [0.2, 0.25) is 0 Å². The monoisotopic (exact) mass is 408 g/mol. The number of fused-ring (bicyclic) bond motifs is 1. The number of nitrogens with one attached hydrogen (secondary N) is 1. The Kier molecular flexibility index (Phi) is 5.18. The molecular formula is C18H14Cl2N2O3S. The van der Waals surface area contributed by atoms with Gasteiger partial charge in [0, 0.05) is 10.6 Å². The van der Waals surface area contributed by atoms with Crippen LogP contribution in [0.1, 0.15) is 24.2 Å². The van der Waals surface area contributed by atoms with E-state index in [9.17, 15) is 9.59 Å². The Balaban J connectivity index is 2.11. The fraction of sp³-hybridized carbons (Fsp3) is 0.167. The SMILES string of the molecule is CC(C)Oc1ccc(C(=O)n2c(=S)[nH]c3c(Cl)cc(Cl)cc3c2=O)cc1. The van der Waals surface area contributed by atoms with E-state index in [2.05, 4.69) is 4.98 Å². The lowest BCUT2D eigenvalue weighted by Gasteiger charge is -2.11. The first-order valence-corrected chi connectivity index (χ1v) is 8.90.